The van der Waals surface area contributed by atoms with Gasteiger partial charge in [-0.15, -0.1) is 0 Å². The van der Waals surface area contributed by atoms with Crippen LogP contribution < -0.4 is 10.1 Å². The summed E-state index contributed by atoms with van der Waals surface area (Å²) in [6.07, 6.45) is 3.46. The van der Waals surface area contributed by atoms with Gasteiger partial charge in [0.25, 0.3) is 0 Å². The minimum atomic E-state index is 0.713. The van der Waals surface area contributed by atoms with Crippen molar-refractivity contribution in [2.45, 2.75) is 6.54 Å². The van der Waals surface area contributed by atoms with E-state index in [1.54, 1.807) is 19.6 Å². The highest BCUT2D eigenvalue weighted by molar-refractivity contribution is 9.10. The second-order valence-electron chi connectivity index (χ2n) is 3.28. The van der Waals surface area contributed by atoms with Crippen molar-refractivity contribution in [2.75, 3.05) is 12.4 Å². The summed E-state index contributed by atoms with van der Waals surface area (Å²) in [5.74, 6) is 0.814. The van der Waals surface area contributed by atoms with Crippen molar-refractivity contribution in [3.63, 3.8) is 0 Å². The number of anilines is 1. The van der Waals surface area contributed by atoms with Gasteiger partial charge in [0.05, 0.1) is 30.1 Å². The van der Waals surface area contributed by atoms with E-state index in [0.717, 1.165) is 21.6 Å². The number of hydrogen-bond donors (Lipinski definition) is 2. The van der Waals surface area contributed by atoms with Gasteiger partial charge < -0.3 is 15.0 Å². The summed E-state index contributed by atoms with van der Waals surface area (Å²) in [6.45, 7) is 0.713. The number of nitrogens with one attached hydrogen (secondary N) is 2. The van der Waals surface area contributed by atoms with Crippen LogP contribution in [0.2, 0.25) is 0 Å². The molecule has 0 aliphatic carbocycles. The maximum absolute atomic E-state index is 5.22. The zero-order valence-electron chi connectivity index (χ0n) is 8.83. The molecular weight excluding hydrogens is 270 g/mol. The van der Waals surface area contributed by atoms with Gasteiger partial charge in [0.2, 0.25) is 0 Å². The first-order chi connectivity index (χ1) is 7.79. The average molecular weight is 282 g/mol. The Morgan fingerprint density at radius 1 is 1.50 bits per heavy atom. The molecule has 16 heavy (non-hydrogen) atoms. The van der Waals surface area contributed by atoms with Crippen LogP contribution in [0, 0.1) is 0 Å². The van der Waals surface area contributed by atoms with Gasteiger partial charge in [0.1, 0.15) is 5.75 Å². The Morgan fingerprint density at radius 2 is 2.38 bits per heavy atom. The van der Waals surface area contributed by atoms with Gasteiger partial charge in [-0.05, 0) is 28.1 Å². The molecule has 84 valence electrons. The standard InChI is InChI=1S/C11H12BrN3O/c1-16-11-4-8(2-3-10(11)12)14-6-9-5-13-7-15-9/h2-5,7,14H,6H2,1H3,(H,13,15). The number of methoxy groups -OCH3 is 1. The first-order valence-electron chi connectivity index (χ1n) is 4.84. The molecule has 1 heterocycles. The van der Waals surface area contributed by atoms with Crippen LogP contribution in [0.1, 0.15) is 5.69 Å². The Morgan fingerprint density at radius 3 is 3.06 bits per heavy atom. The van der Waals surface area contributed by atoms with E-state index in [9.17, 15) is 0 Å². The van der Waals surface area contributed by atoms with Crippen molar-refractivity contribution in [2.24, 2.45) is 0 Å². The van der Waals surface area contributed by atoms with E-state index in [1.807, 2.05) is 18.2 Å². The average Bonchev–Trinajstić information content (AvgIpc) is 2.81. The van der Waals surface area contributed by atoms with Crippen molar-refractivity contribution >= 4 is 21.6 Å². The molecule has 0 saturated carbocycles. The van der Waals surface area contributed by atoms with Gasteiger partial charge in [-0.3, -0.25) is 0 Å². The van der Waals surface area contributed by atoms with E-state index in [1.165, 1.54) is 0 Å². The molecule has 0 amide bonds. The molecule has 0 atom stereocenters. The Labute approximate surface area is 102 Å². The van der Waals surface area contributed by atoms with Crippen LogP contribution in [0.5, 0.6) is 5.75 Å². The third-order valence-electron chi connectivity index (χ3n) is 2.19. The number of benzene rings is 1. The van der Waals surface area contributed by atoms with E-state index < -0.39 is 0 Å². The van der Waals surface area contributed by atoms with Gasteiger partial charge in [-0.25, -0.2) is 4.98 Å². The van der Waals surface area contributed by atoms with Gasteiger partial charge in [0.15, 0.2) is 0 Å². The van der Waals surface area contributed by atoms with Gasteiger partial charge in [0, 0.05) is 18.0 Å². The summed E-state index contributed by atoms with van der Waals surface area (Å²) < 4.78 is 6.16. The summed E-state index contributed by atoms with van der Waals surface area (Å²) in [6, 6.07) is 5.89. The highest BCUT2D eigenvalue weighted by Crippen LogP contribution is 2.27. The fourth-order valence-corrected chi connectivity index (χ4v) is 1.76. The van der Waals surface area contributed by atoms with Gasteiger partial charge >= 0.3 is 0 Å². The molecule has 5 heteroatoms. The lowest BCUT2D eigenvalue weighted by molar-refractivity contribution is 0.412. The summed E-state index contributed by atoms with van der Waals surface area (Å²) in [7, 11) is 1.65. The number of hydrogen-bond acceptors (Lipinski definition) is 3. The molecule has 0 unspecified atom stereocenters. The zero-order valence-corrected chi connectivity index (χ0v) is 10.4. The normalized spacial score (nSPS) is 10.1. The molecule has 0 aliphatic heterocycles. The molecule has 2 N–H and O–H groups in total. The number of aromatic nitrogens is 2. The number of ether oxygens (including phenoxy) is 1. The molecule has 2 aromatic rings. The molecule has 0 saturated heterocycles. The smallest absolute Gasteiger partial charge is 0.135 e. The first kappa shape index (κ1) is 11.0. The summed E-state index contributed by atoms with van der Waals surface area (Å²) in [5.41, 5.74) is 2.05. The largest absolute Gasteiger partial charge is 0.495 e. The molecule has 1 aromatic carbocycles. The molecule has 0 aliphatic rings. The lowest BCUT2D eigenvalue weighted by Crippen LogP contribution is -1.99. The second kappa shape index (κ2) is 5.03. The van der Waals surface area contributed by atoms with Crippen LogP contribution >= 0.6 is 15.9 Å². The van der Waals surface area contributed by atoms with E-state index in [0.29, 0.717) is 6.54 Å². The number of rotatable bonds is 4. The maximum atomic E-state index is 5.22. The number of H-pyrrole nitrogens is 1. The zero-order chi connectivity index (χ0) is 11.4. The SMILES string of the molecule is COc1cc(NCc2cnc[nH]2)ccc1Br. The first-order valence-corrected chi connectivity index (χ1v) is 5.63. The number of nitrogens with zero attached hydrogens (tertiary/aromatic N) is 1. The molecule has 0 radical (unpaired) electrons. The van der Waals surface area contributed by atoms with Crippen LogP contribution in [0.25, 0.3) is 0 Å². The molecule has 4 nitrogen and oxygen atoms in total. The van der Waals surface area contributed by atoms with Crippen LogP contribution in [0.15, 0.2) is 35.2 Å². The molecular formula is C11H12BrN3O. The Balaban J connectivity index is 2.04. The van der Waals surface area contributed by atoms with Gasteiger partial charge in [-0.2, -0.15) is 0 Å². The van der Waals surface area contributed by atoms with Crippen molar-refractivity contribution in [1.82, 2.24) is 9.97 Å². The summed E-state index contributed by atoms with van der Waals surface area (Å²) in [5, 5.41) is 3.28. The molecule has 0 fully saturated rings. The summed E-state index contributed by atoms with van der Waals surface area (Å²) >= 11 is 3.41. The predicted molar refractivity (Wildman–Crippen MR) is 66.6 cm³/mol. The van der Waals surface area contributed by atoms with Crippen molar-refractivity contribution < 1.29 is 4.74 Å². The second-order valence-corrected chi connectivity index (χ2v) is 4.13. The third kappa shape index (κ3) is 2.55. The van der Waals surface area contributed by atoms with E-state index in [4.69, 9.17) is 4.74 Å². The van der Waals surface area contributed by atoms with Crippen LogP contribution in [0.3, 0.4) is 0 Å². The maximum Gasteiger partial charge on any atom is 0.135 e. The molecule has 0 spiro atoms. The minimum Gasteiger partial charge on any atom is -0.495 e. The fourth-order valence-electron chi connectivity index (χ4n) is 1.35. The number of halogens is 1. The van der Waals surface area contributed by atoms with Crippen molar-refractivity contribution in [1.29, 1.82) is 0 Å². The predicted octanol–water partition coefficient (Wildman–Crippen LogP) is 2.79. The summed E-state index contributed by atoms with van der Waals surface area (Å²) in [4.78, 5) is 6.99. The van der Waals surface area contributed by atoms with Crippen LogP contribution in [0.4, 0.5) is 5.69 Å². The van der Waals surface area contributed by atoms with Gasteiger partial charge in [-0.1, -0.05) is 0 Å². The monoisotopic (exact) mass is 281 g/mol. The minimum absolute atomic E-state index is 0.713. The van der Waals surface area contributed by atoms with E-state index in [2.05, 4.69) is 31.2 Å². The van der Waals surface area contributed by atoms with E-state index in [-0.39, 0.29) is 0 Å². The fraction of sp³-hybridized carbons (Fsp3) is 0.182. The quantitative estimate of drug-likeness (QED) is 0.906. The van der Waals surface area contributed by atoms with Crippen LogP contribution in [-0.4, -0.2) is 17.1 Å². The van der Waals surface area contributed by atoms with Crippen LogP contribution in [-0.2, 0) is 6.54 Å². The third-order valence-corrected chi connectivity index (χ3v) is 2.84. The Bertz CT molecular complexity index is 456. The number of aromatic amines is 1. The van der Waals surface area contributed by atoms with Crippen molar-refractivity contribution in [3.8, 4) is 5.75 Å². The lowest BCUT2D eigenvalue weighted by atomic mass is 10.3. The molecule has 1 aromatic heterocycles. The molecule has 0 bridgehead atoms. The Kier molecular flexibility index (Phi) is 3.46. The van der Waals surface area contributed by atoms with Crippen molar-refractivity contribution in [3.05, 3.63) is 40.9 Å². The topological polar surface area (TPSA) is 49.9 Å². The highest BCUT2D eigenvalue weighted by Gasteiger charge is 2.01. The lowest BCUT2D eigenvalue weighted by Gasteiger charge is -2.08. The molecule has 2 rings (SSSR count). The van der Waals surface area contributed by atoms with E-state index >= 15 is 0 Å². The Hall–Kier alpha value is -1.49. The number of imidazole rings is 1. The highest BCUT2D eigenvalue weighted by atomic mass is 79.9.